The van der Waals surface area contributed by atoms with Crippen LogP contribution in [0.25, 0.3) is 11.1 Å². The van der Waals surface area contributed by atoms with Crippen LogP contribution in [0.15, 0.2) is 79.4 Å². The van der Waals surface area contributed by atoms with Gasteiger partial charge in [-0.15, -0.1) is 6.58 Å². The van der Waals surface area contributed by atoms with Gasteiger partial charge in [-0.25, -0.2) is 13.2 Å². The molecule has 0 aromatic heterocycles. The van der Waals surface area contributed by atoms with E-state index in [2.05, 4.69) is 18.4 Å². The molecule has 0 radical (unpaired) electrons. The van der Waals surface area contributed by atoms with Crippen molar-refractivity contribution in [2.45, 2.75) is 31.4 Å². The lowest BCUT2D eigenvalue weighted by Gasteiger charge is -2.44. The smallest absolute Gasteiger partial charge is 0.133 e. The first-order chi connectivity index (χ1) is 15.4. The second-order valence-corrected chi connectivity index (χ2v) is 8.25. The lowest BCUT2D eigenvalue weighted by atomic mass is 9.85. The average molecular weight is 438 g/mol. The van der Waals surface area contributed by atoms with Gasteiger partial charge in [-0.3, -0.25) is 4.90 Å². The molecule has 1 saturated heterocycles. The Hall–Kier alpha value is -2.89. The SMILES string of the molecule is C=CCC1(c2ccc(F)cc2)CCN([C@@H](C)c2ccc(-c3ccc(F)cc3F)cc2)CO1. The lowest BCUT2D eigenvalue weighted by molar-refractivity contribution is -0.152. The zero-order chi connectivity index (χ0) is 22.7. The van der Waals surface area contributed by atoms with E-state index in [4.69, 9.17) is 4.74 Å². The summed E-state index contributed by atoms with van der Waals surface area (Å²) in [5.41, 5.74) is 2.61. The van der Waals surface area contributed by atoms with Gasteiger partial charge in [0.2, 0.25) is 0 Å². The average Bonchev–Trinajstić information content (AvgIpc) is 2.80. The zero-order valence-corrected chi connectivity index (χ0v) is 18.0. The first-order valence-corrected chi connectivity index (χ1v) is 10.7. The molecule has 4 rings (SSSR count). The number of ether oxygens (including phenoxy) is 1. The molecule has 166 valence electrons. The molecule has 3 aromatic rings. The van der Waals surface area contributed by atoms with Crippen LogP contribution in [-0.4, -0.2) is 18.2 Å². The third-order valence-corrected chi connectivity index (χ3v) is 6.34. The van der Waals surface area contributed by atoms with Crippen LogP contribution in [0.2, 0.25) is 0 Å². The molecule has 0 saturated carbocycles. The molecule has 0 amide bonds. The fraction of sp³-hybridized carbons (Fsp3) is 0.259. The molecule has 1 heterocycles. The van der Waals surface area contributed by atoms with Gasteiger partial charge in [0.1, 0.15) is 24.2 Å². The van der Waals surface area contributed by atoms with E-state index in [1.165, 1.54) is 24.3 Å². The van der Waals surface area contributed by atoms with E-state index in [0.29, 0.717) is 24.3 Å². The van der Waals surface area contributed by atoms with Gasteiger partial charge in [-0.2, -0.15) is 0 Å². The Kier molecular flexibility index (Phi) is 6.49. The fourth-order valence-corrected chi connectivity index (χ4v) is 4.34. The zero-order valence-electron chi connectivity index (χ0n) is 18.0. The van der Waals surface area contributed by atoms with Crippen molar-refractivity contribution < 1.29 is 17.9 Å². The van der Waals surface area contributed by atoms with Crippen LogP contribution >= 0.6 is 0 Å². The summed E-state index contributed by atoms with van der Waals surface area (Å²) in [5.74, 6) is -1.43. The molecule has 2 nitrogen and oxygen atoms in total. The van der Waals surface area contributed by atoms with Crippen molar-refractivity contribution in [2.24, 2.45) is 0 Å². The lowest BCUT2D eigenvalue weighted by Crippen LogP contribution is -2.45. The number of nitrogens with zero attached hydrogens (tertiary/aromatic N) is 1. The second-order valence-electron chi connectivity index (χ2n) is 8.25. The van der Waals surface area contributed by atoms with E-state index in [1.807, 2.05) is 30.3 Å². The predicted octanol–water partition coefficient (Wildman–Crippen LogP) is 6.98. The molecule has 2 atom stereocenters. The minimum Gasteiger partial charge on any atom is -0.355 e. The number of halogens is 3. The minimum atomic E-state index is -0.588. The fourth-order valence-electron chi connectivity index (χ4n) is 4.34. The van der Waals surface area contributed by atoms with Gasteiger partial charge < -0.3 is 4.74 Å². The van der Waals surface area contributed by atoms with E-state index in [1.54, 1.807) is 12.1 Å². The van der Waals surface area contributed by atoms with Crippen LogP contribution in [0.3, 0.4) is 0 Å². The predicted molar refractivity (Wildman–Crippen MR) is 120 cm³/mol. The summed E-state index contributed by atoms with van der Waals surface area (Å²) in [4.78, 5) is 2.23. The number of rotatable bonds is 6. The molecule has 1 fully saturated rings. The quantitative estimate of drug-likeness (QED) is 0.386. The van der Waals surface area contributed by atoms with Gasteiger partial charge >= 0.3 is 0 Å². The summed E-state index contributed by atoms with van der Waals surface area (Å²) in [6.07, 6.45) is 3.25. The van der Waals surface area contributed by atoms with E-state index in [0.717, 1.165) is 30.2 Å². The van der Waals surface area contributed by atoms with Gasteiger partial charge in [0.25, 0.3) is 0 Å². The maximum absolute atomic E-state index is 14.1. The molecular formula is C27H26F3NO. The Bertz CT molecular complexity index is 1070. The van der Waals surface area contributed by atoms with Crippen molar-refractivity contribution in [1.82, 2.24) is 4.90 Å². The number of benzene rings is 3. The summed E-state index contributed by atoms with van der Waals surface area (Å²) in [6.45, 7) is 7.22. The summed E-state index contributed by atoms with van der Waals surface area (Å²) < 4.78 is 47.0. The summed E-state index contributed by atoms with van der Waals surface area (Å²) in [7, 11) is 0. The Morgan fingerprint density at radius 2 is 1.69 bits per heavy atom. The molecule has 3 aromatic carbocycles. The number of hydrogen-bond acceptors (Lipinski definition) is 2. The summed E-state index contributed by atoms with van der Waals surface area (Å²) >= 11 is 0. The van der Waals surface area contributed by atoms with Crippen LogP contribution in [0.4, 0.5) is 13.2 Å². The monoisotopic (exact) mass is 437 g/mol. The van der Waals surface area contributed by atoms with Crippen molar-refractivity contribution in [3.05, 3.63) is 108 Å². The Morgan fingerprint density at radius 3 is 2.28 bits per heavy atom. The van der Waals surface area contributed by atoms with Gasteiger partial charge in [0, 0.05) is 24.2 Å². The topological polar surface area (TPSA) is 12.5 Å². The van der Waals surface area contributed by atoms with Crippen LogP contribution in [0.1, 0.15) is 36.9 Å². The van der Waals surface area contributed by atoms with Gasteiger partial charge in [-0.05, 0) is 60.7 Å². The second kappa shape index (κ2) is 9.31. The van der Waals surface area contributed by atoms with Gasteiger partial charge in [0.05, 0.1) is 5.60 Å². The largest absolute Gasteiger partial charge is 0.355 e. The van der Waals surface area contributed by atoms with Crippen molar-refractivity contribution in [1.29, 1.82) is 0 Å². The van der Waals surface area contributed by atoms with Crippen LogP contribution in [0, 0.1) is 17.5 Å². The first kappa shape index (κ1) is 22.3. The molecule has 32 heavy (non-hydrogen) atoms. The Labute approximate surface area is 187 Å². The molecule has 0 N–H and O–H groups in total. The highest BCUT2D eigenvalue weighted by Gasteiger charge is 2.37. The van der Waals surface area contributed by atoms with Crippen molar-refractivity contribution >= 4 is 0 Å². The molecule has 0 spiro atoms. The van der Waals surface area contributed by atoms with Crippen molar-refractivity contribution in [3.63, 3.8) is 0 Å². The summed E-state index contributed by atoms with van der Waals surface area (Å²) in [6, 6.07) is 17.8. The molecular weight excluding hydrogens is 411 g/mol. The van der Waals surface area contributed by atoms with E-state index in [-0.39, 0.29) is 11.9 Å². The van der Waals surface area contributed by atoms with Crippen LogP contribution in [-0.2, 0) is 10.3 Å². The Morgan fingerprint density at radius 1 is 1.00 bits per heavy atom. The van der Waals surface area contributed by atoms with Crippen molar-refractivity contribution in [3.8, 4) is 11.1 Å². The normalized spacial score (nSPS) is 20.1. The van der Waals surface area contributed by atoms with Crippen LogP contribution < -0.4 is 0 Å². The molecule has 1 aliphatic heterocycles. The maximum atomic E-state index is 14.1. The minimum absolute atomic E-state index is 0.0945. The van der Waals surface area contributed by atoms with Crippen molar-refractivity contribution in [2.75, 3.05) is 13.3 Å². The van der Waals surface area contributed by atoms with E-state index in [9.17, 15) is 13.2 Å². The molecule has 5 heteroatoms. The van der Waals surface area contributed by atoms with Crippen LogP contribution in [0.5, 0.6) is 0 Å². The standard InChI is InChI=1S/C27H26F3NO/c1-3-14-27(22-8-10-23(28)11-9-22)15-16-31(18-32-27)19(2)20-4-6-21(7-5-20)25-13-12-24(29)17-26(25)30/h3-13,17,19H,1,14-16,18H2,2H3/t19-,27?/m0/s1. The highest BCUT2D eigenvalue weighted by atomic mass is 19.1. The summed E-state index contributed by atoms with van der Waals surface area (Å²) in [5, 5.41) is 0. The highest BCUT2D eigenvalue weighted by Crippen LogP contribution is 2.39. The number of hydrogen-bond donors (Lipinski definition) is 0. The van der Waals surface area contributed by atoms with Gasteiger partial charge in [0.15, 0.2) is 0 Å². The Balaban J connectivity index is 1.47. The first-order valence-electron chi connectivity index (χ1n) is 10.7. The molecule has 1 aliphatic rings. The third-order valence-electron chi connectivity index (χ3n) is 6.34. The van der Waals surface area contributed by atoms with E-state index < -0.39 is 17.2 Å². The molecule has 0 bridgehead atoms. The molecule has 0 aliphatic carbocycles. The highest BCUT2D eigenvalue weighted by molar-refractivity contribution is 5.64. The van der Waals surface area contributed by atoms with Gasteiger partial charge in [-0.1, -0.05) is 42.5 Å². The van der Waals surface area contributed by atoms with E-state index >= 15 is 0 Å². The molecule has 1 unspecified atom stereocenters. The third kappa shape index (κ3) is 4.50. The maximum Gasteiger partial charge on any atom is 0.133 e.